The monoisotopic (exact) mass is 509 g/mol. The first-order valence-corrected chi connectivity index (χ1v) is 12.4. The highest BCUT2D eigenvalue weighted by Crippen LogP contribution is 2.42. The third-order valence-electron chi connectivity index (χ3n) is 8.34. The Morgan fingerprint density at radius 2 is 1.43 bits per heavy atom. The highest BCUT2D eigenvalue weighted by atomic mass is 16.7. The van der Waals surface area contributed by atoms with E-state index in [4.69, 9.17) is 23.7 Å². The maximum Gasteiger partial charge on any atom is 0.187 e. The molecule has 12 nitrogen and oxygen atoms in total. The summed E-state index contributed by atoms with van der Waals surface area (Å²) in [5, 5.41) is 71.9. The second-order valence-electron chi connectivity index (χ2n) is 10.4. The van der Waals surface area contributed by atoms with Crippen molar-refractivity contribution in [1.82, 2.24) is 0 Å². The molecule has 13 atom stereocenters. The molecular formula is C23H41O12+. The summed E-state index contributed by atoms with van der Waals surface area (Å²) < 4.78 is 27.8. The average Bonchev–Trinajstić information content (AvgIpc) is 2.84. The van der Waals surface area contributed by atoms with Gasteiger partial charge in [0, 0.05) is 33.0 Å². The minimum absolute atomic E-state index is 0.139. The van der Waals surface area contributed by atoms with Crippen LogP contribution in [-0.4, -0.2) is 141 Å². The smallest absolute Gasteiger partial charge is 0.187 e. The van der Waals surface area contributed by atoms with Gasteiger partial charge in [-0.3, -0.25) is 0 Å². The predicted molar refractivity (Wildman–Crippen MR) is 118 cm³/mol. The van der Waals surface area contributed by atoms with Gasteiger partial charge in [-0.25, -0.2) is 0 Å². The van der Waals surface area contributed by atoms with Crippen molar-refractivity contribution in [3.63, 3.8) is 0 Å². The Hall–Kier alpha value is -0.480. The number of aliphatic hydroxyl groups is 9. The van der Waals surface area contributed by atoms with Crippen molar-refractivity contribution in [3.8, 4) is 0 Å². The number of methoxy groups -OCH3 is 2. The van der Waals surface area contributed by atoms with Crippen LogP contribution in [0.3, 0.4) is 0 Å². The molecule has 2 heterocycles. The standard InChI is InChI=1S/C23H40O12/c1-31-14-3-9(4-15(32-2)18(14)27)22-16(7-11-12(26)5-10(25)6-13(11)33-22)34-23-21(30)20(29)19(28)17(8-24)35-23/h9-30H,3-8H2,1-2H3/p+1/t9?,10?,11?,12?,13?,14?,15?,16?,17-,18?,19-,20+,21-,22?,23-/m0/s1. The first-order valence-electron chi connectivity index (χ1n) is 12.4. The topological polar surface area (TPSA) is 191 Å². The molecule has 204 valence electrons. The van der Waals surface area contributed by atoms with Crippen molar-refractivity contribution in [1.29, 1.82) is 0 Å². The van der Waals surface area contributed by atoms with Crippen molar-refractivity contribution in [2.45, 2.75) is 112 Å². The molecule has 8 N–H and O–H groups in total. The lowest BCUT2D eigenvalue weighted by molar-refractivity contribution is -0.357. The van der Waals surface area contributed by atoms with Crippen LogP contribution in [0.2, 0.25) is 0 Å². The fourth-order valence-corrected chi connectivity index (χ4v) is 6.34. The lowest BCUT2D eigenvalue weighted by Gasteiger charge is -2.49. The molecule has 2 saturated carbocycles. The summed E-state index contributed by atoms with van der Waals surface area (Å²) in [4.78, 5) is 0. The number of ether oxygens (including phenoxy) is 5. The molecule has 8 unspecified atom stereocenters. The molecule has 4 fully saturated rings. The predicted octanol–water partition coefficient (Wildman–Crippen LogP) is -3.23. The summed E-state index contributed by atoms with van der Waals surface area (Å²) in [6.07, 6.45) is -9.70. The average molecular weight is 510 g/mol. The molecule has 35 heavy (non-hydrogen) atoms. The van der Waals surface area contributed by atoms with Gasteiger partial charge in [-0.15, -0.1) is 0 Å². The van der Waals surface area contributed by atoms with Crippen molar-refractivity contribution in [2.75, 3.05) is 20.8 Å². The molecular weight excluding hydrogens is 468 g/mol. The molecule has 0 aromatic carbocycles. The van der Waals surface area contributed by atoms with Gasteiger partial charge < -0.3 is 59.4 Å². The van der Waals surface area contributed by atoms with Crippen LogP contribution in [0.4, 0.5) is 0 Å². The fourth-order valence-electron chi connectivity index (χ4n) is 6.34. The Bertz CT molecular complexity index is 667. The Morgan fingerprint density at radius 1 is 0.771 bits per heavy atom. The van der Waals surface area contributed by atoms with E-state index in [2.05, 4.69) is 0 Å². The van der Waals surface area contributed by atoms with Crippen LogP contribution in [0.25, 0.3) is 0 Å². The Kier molecular flexibility index (Phi) is 9.05. The second-order valence-corrected chi connectivity index (χ2v) is 10.4. The van der Waals surface area contributed by atoms with Gasteiger partial charge in [-0.2, -0.15) is 0 Å². The number of fused-ring (bicyclic) bond motifs is 1. The molecule has 0 spiro atoms. The summed E-state index contributed by atoms with van der Waals surface area (Å²) in [5.41, 5.74) is 0. The van der Waals surface area contributed by atoms with Crippen LogP contribution in [0.1, 0.15) is 32.1 Å². The normalized spacial score (nSPS) is 53.2. The SMILES string of the molecule is COC1CC(C2[OH+]C3CC(O)CC(O)C3CC2O[C@H]2O[C@@H](CO)[C@H](O)[C@@H](O)[C@@H]2O)CC(OC)C1O. The highest BCUT2D eigenvalue weighted by molar-refractivity contribution is 5.00. The van der Waals surface area contributed by atoms with Gasteiger partial charge >= 0.3 is 0 Å². The third kappa shape index (κ3) is 5.54. The molecule has 2 saturated heterocycles. The molecule has 12 heteroatoms. The van der Waals surface area contributed by atoms with E-state index >= 15 is 0 Å². The van der Waals surface area contributed by atoms with Crippen molar-refractivity contribution >= 4 is 0 Å². The number of rotatable bonds is 6. The van der Waals surface area contributed by atoms with Gasteiger partial charge in [0.15, 0.2) is 18.5 Å². The largest absolute Gasteiger partial charge is 0.427 e. The van der Waals surface area contributed by atoms with Crippen LogP contribution in [0.5, 0.6) is 0 Å². The minimum atomic E-state index is -1.58. The van der Waals surface area contributed by atoms with E-state index in [1.54, 1.807) is 0 Å². The summed E-state index contributed by atoms with van der Waals surface area (Å²) in [6, 6.07) is 0. The maximum absolute atomic E-state index is 10.7. The van der Waals surface area contributed by atoms with E-state index in [1.165, 1.54) is 14.2 Å². The zero-order chi connectivity index (χ0) is 25.4. The van der Waals surface area contributed by atoms with E-state index in [-0.39, 0.29) is 24.4 Å². The van der Waals surface area contributed by atoms with Crippen molar-refractivity contribution in [2.24, 2.45) is 11.8 Å². The first kappa shape index (κ1) is 27.6. The molecule has 2 aliphatic carbocycles. The van der Waals surface area contributed by atoms with Crippen LogP contribution in [0.15, 0.2) is 0 Å². The van der Waals surface area contributed by atoms with Gasteiger partial charge in [0.25, 0.3) is 0 Å². The Labute approximate surface area is 204 Å². The lowest BCUT2D eigenvalue weighted by Crippen LogP contribution is -2.63. The van der Waals surface area contributed by atoms with Crippen molar-refractivity contribution < 1.29 is 59.4 Å². The Morgan fingerprint density at radius 3 is 2.03 bits per heavy atom. The molecule has 4 aliphatic rings. The zero-order valence-corrected chi connectivity index (χ0v) is 20.1. The van der Waals surface area contributed by atoms with Gasteiger partial charge in [0.2, 0.25) is 0 Å². The summed E-state index contributed by atoms with van der Waals surface area (Å²) >= 11 is 0. The summed E-state index contributed by atoms with van der Waals surface area (Å²) in [6.45, 7) is -0.573. The minimum Gasteiger partial charge on any atom is -0.427 e. The summed E-state index contributed by atoms with van der Waals surface area (Å²) in [7, 11) is 3.04. The number of aliphatic hydroxyl groups excluding tert-OH is 7. The van der Waals surface area contributed by atoms with E-state index in [1.807, 2.05) is 0 Å². The van der Waals surface area contributed by atoms with Crippen molar-refractivity contribution in [3.05, 3.63) is 0 Å². The van der Waals surface area contributed by atoms with Gasteiger partial charge in [-0.1, -0.05) is 0 Å². The lowest BCUT2D eigenvalue weighted by atomic mass is 9.72. The van der Waals surface area contributed by atoms with Crippen LogP contribution in [0, 0.1) is 11.8 Å². The number of hydrogen-bond donors (Lipinski definition) is 7. The Balaban J connectivity index is 1.58. The maximum atomic E-state index is 10.7. The summed E-state index contributed by atoms with van der Waals surface area (Å²) in [5.74, 6) is -0.407. The van der Waals surface area contributed by atoms with E-state index < -0.39 is 80.0 Å². The van der Waals surface area contributed by atoms with Crippen LogP contribution >= 0.6 is 0 Å². The first-order chi connectivity index (χ1) is 16.7. The number of hydrogen-bond acceptors (Lipinski definition) is 11. The van der Waals surface area contributed by atoms with Gasteiger partial charge in [-0.05, 0) is 19.3 Å². The van der Waals surface area contributed by atoms with Crippen LogP contribution < -0.4 is 0 Å². The highest BCUT2D eigenvalue weighted by Gasteiger charge is 2.55. The molecule has 0 amide bonds. The van der Waals surface area contributed by atoms with Gasteiger partial charge in [0.1, 0.15) is 36.6 Å². The molecule has 0 radical (unpaired) electrons. The molecule has 2 aliphatic heterocycles. The zero-order valence-electron chi connectivity index (χ0n) is 20.1. The molecule has 4 rings (SSSR count). The second kappa shape index (κ2) is 11.5. The third-order valence-corrected chi connectivity index (χ3v) is 8.34. The van der Waals surface area contributed by atoms with Gasteiger partial charge in [0.05, 0.1) is 36.9 Å². The molecule has 0 aromatic heterocycles. The van der Waals surface area contributed by atoms with E-state index in [0.717, 1.165) is 0 Å². The fraction of sp³-hybridized carbons (Fsp3) is 1.00. The molecule has 0 bridgehead atoms. The molecule has 0 aromatic rings. The van der Waals surface area contributed by atoms with Crippen LogP contribution in [-0.2, 0) is 18.9 Å². The van der Waals surface area contributed by atoms with E-state index in [0.29, 0.717) is 25.7 Å². The quantitative estimate of drug-likeness (QED) is 0.178. The van der Waals surface area contributed by atoms with E-state index in [9.17, 15) is 35.7 Å².